The Morgan fingerprint density at radius 2 is 1.56 bits per heavy atom. The first-order valence-electron chi connectivity index (χ1n) is 8.32. The highest BCUT2D eigenvalue weighted by Crippen LogP contribution is 2.38. The van der Waals surface area contributed by atoms with Crippen LogP contribution in [0.3, 0.4) is 0 Å². The van der Waals surface area contributed by atoms with E-state index in [1.54, 1.807) is 0 Å². The Morgan fingerprint density at radius 1 is 0.889 bits per heavy atom. The van der Waals surface area contributed by atoms with Crippen molar-refractivity contribution in [3.63, 3.8) is 0 Å². The molecule has 2 aliphatic carbocycles. The van der Waals surface area contributed by atoms with Gasteiger partial charge in [-0.2, -0.15) is 0 Å². The number of rotatable bonds is 5. The Kier molecular flexibility index (Phi) is 4.25. The fraction of sp³-hybridized carbons (Fsp3) is 1.00. The Morgan fingerprint density at radius 3 is 2.22 bits per heavy atom. The van der Waals surface area contributed by atoms with Gasteiger partial charge in [-0.05, 0) is 57.0 Å². The minimum atomic E-state index is 0.623. The maximum atomic E-state index is 3.83. The van der Waals surface area contributed by atoms with Crippen molar-refractivity contribution in [2.75, 3.05) is 26.2 Å². The molecule has 2 nitrogen and oxygen atoms in total. The van der Waals surface area contributed by atoms with Crippen molar-refractivity contribution in [3.05, 3.63) is 0 Å². The second-order valence-corrected chi connectivity index (χ2v) is 7.05. The predicted octanol–water partition coefficient (Wildman–Crippen LogP) is 3.17. The number of likely N-dealkylation sites (tertiary alicyclic amines) is 1. The van der Waals surface area contributed by atoms with Crippen LogP contribution in [-0.4, -0.2) is 37.1 Å². The molecule has 0 aromatic heterocycles. The van der Waals surface area contributed by atoms with E-state index in [4.69, 9.17) is 0 Å². The summed E-state index contributed by atoms with van der Waals surface area (Å²) in [5.74, 6) is 0. The Labute approximate surface area is 113 Å². The summed E-state index contributed by atoms with van der Waals surface area (Å²) in [4.78, 5) is 2.77. The van der Waals surface area contributed by atoms with Crippen LogP contribution in [-0.2, 0) is 0 Å². The van der Waals surface area contributed by atoms with Gasteiger partial charge in [-0.25, -0.2) is 0 Å². The van der Waals surface area contributed by atoms with Crippen molar-refractivity contribution >= 4 is 0 Å². The third-order valence-electron chi connectivity index (χ3n) is 5.27. The van der Waals surface area contributed by atoms with Crippen LogP contribution in [0.1, 0.15) is 64.2 Å². The van der Waals surface area contributed by atoms with E-state index in [1.807, 2.05) is 0 Å². The summed E-state index contributed by atoms with van der Waals surface area (Å²) in [6, 6.07) is 0.880. The zero-order valence-corrected chi connectivity index (χ0v) is 11.9. The maximum absolute atomic E-state index is 3.83. The largest absolute Gasteiger partial charge is 0.313 e. The Bertz CT molecular complexity index is 248. The highest BCUT2D eigenvalue weighted by Gasteiger charge is 2.35. The molecular weight excluding hydrogens is 220 g/mol. The van der Waals surface area contributed by atoms with Crippen LogP contribution in [0.5, 0.6) is 0 Å². The van der Waals surface area contributed by atoms with Gasteiger partial charge in [0, 0.05) is 19.1 Å². The van der Waals surface area contributed by atoms with Crippen molar-refractivity contribution in [2.24, 2.45) is 5.41 Å². The molecule has 2 saturated carbocycles. The molecule has 1 N–H and O–H groups in total. The average molecular weight is 250 g/mol. The molecule has 104 valence electrons. The lowest BCUT2D eigenvalue weighted by atomic mass is 9.73. The number of hydrogen-bond acceptors (Lipinski definition) is 2. The van der Waals surface area contributed by atoms with E-state index < -0.39 is 0 Å². The van der Waals surface area contributed by atoms with Crippen molar-refractivity contribution in [1.82, 2.24) is 10.2 Å². The maximum Gasteiger partial charge on any atom is 0.00684 e. The second kappa shape index (κ2) is 5.92. The summed E-state index contributed by atoms with van der Waals surface area (Å²) in [5, 5.41) is 3.83. The van der Waals surface area contributed by atoms with Gasteiger partial charge in [-0.1, -0.05) is 25.7 Å². The number of nitrogens with zero attached hydrogens (tertiary/aromatic N) is 1. The molecule has 0 aromatic carbocycles. The van der Waals surface area contributed by atoms with Gasteiger partial charge < -0.3 is 10.2 Å². The summed E-state index contributed by atoms with van der Waals surface area (Å²) < 4.78 is 0. The molecule has 18 heavy (non-hydrogen) atoms. The number of nitrogens with one attached hydrogen (secondary N) is 1. The number of hydrogen-bond donors (Lipinski definition) is 1. The fourth-order valence-electron chi connectivity index (χ4n) is 3.93. The van der Waals surface area contributed by atoms with Gasteiger partial charge in [-0.3, -0.25) is 0 Å². The molecule has 3 rings (SSSR count). The van der Waals surface area contributed by atoms with Crippen LogP contribution in [0.25, 0.3) is 0 Å². The lowest BCUT2D eigenvalue weighted by Crippen LogP contribution is -2.47. The summed E-state index contributed by atoms with van der Waals surface area (Å²) in [6.45, 7) is 5.41. The lowest BCUT2D eigenvalue weighted by Gasteiger charge is -2.42. The average Bonchev–Trinajstić information content (AvgIpc) is 3.23. The van der Waals surface area contributed by atoms with Crippen molar-refractivity contribution in [1.29, 1.82) is 0 Å². The minimum Gasteiger partial charge on any atom is -0.313 e. The Hall–Kier alpha value is -0.0800. The van der Waals surface area contributed by atoms with E-state index in [0.717, 1.165) is 6.04 Å². The van der Waals surface area contributed by atoms with Crippen LogP contribution < -0.4 is 5.32 Å². The molecule has 0 radical (unpaired) electrons. The molecule has 1 saturated heterocycles. The lowest BCUT2D eigenvalue weighted by molar-refractivity contribution is 0.0895. The predicted molar refractivity (Wildman–Crippen MR) is 76.8 cm³/mol. The first-order chi connectivity index (χ1) is 8.86. The molecule has 0 unspecified atom stereocenters. The van der Waals surface area contributed by atoms with Gasteiger partial charge in [0.1, 0.15) is 0 Å². The molecule has 1 heterocycles. The summed E-state index contributed by atoms with van der Waals surface area (Å²) in [6.07, 6.45) is 14.6. The third kappa shape index (κ3) is 3.48. The van der Waals surface area contributed by atoms with E-state index >= 15 is 0 Å². The Balaban J connectivity index is 1.55. The normalized spacial score (nSPS) is 29.3. The first-order valence-corrected chi connectivity index (χ1v) is 8.32. The van der Waals surface area contributed by atoms with Gasteiger partial charge in [0.25, 0.3) is 0 Å². The first kappa shape index (κ1) is 12.9. The highest BCUT2D eigenvalue weighted by molar-refractivity contribution is 4.91. The number of piperidine rings is 1. The van der Waals surface area contributed by atoms with E-state index in [0.29, 0.717) is 5.41 Å². The van der Waals surface area contributed by atoms with Crippen molar-refractivity contribution < 1.29 is 0 Å². The van der Waals surface area contributed by atoms with E-state index in [9.17, 15) is 0 Å². The van der Waals surface area contributed by atoms with E-state index in [1.165, 1.54) is 90.4 Å². The third-order valence-corrected chi connectivity index (χ3v) is 5.27. The molecule has 0 bridgehead atoms. The summed E-state index contributed by atoms with van der Waals surface area (Å²) in [7, 11) is 0. The monoisotopic (exact) mass is 250 g/mol. The van der Waals surface area contributed by atoms with Crippen molar-refractivity contribution in [3.8, 4) is 0 Å². The molecule has 3 fully saturated rings. The quantitative estimate of drug-likeness (QED) is 0.806. The van der Waals surface area contributed by atoms with Crippen LogP contribution in [0.4, 0.5) is 0 Å². The molecular formula is C16H30N2. The highest BCUT2D eigenvalue weighted by atomic mass is 15.1. The molecule has 2 heteroatoms. The minimum absolute atomic E-state index is 0.623. The molecule has 0 aromatic rings. The van der Waals surface area contributed by atoms with Crippen LogP contribution in [0.2, 0.25) is 0 Å². The second-order valence-electron chi connectivity index (χ2n) is 7.05. The van der Waals surface area contributed by atoms with Gasteiger partial charge in [0.2, 0.25) is 0 Å². The zero-order valence-electron chi connectivity index (χ0n) is 11.9. The van der Waals surface area contributed by atoms with Crippen molar-refractivity contribution in [2.45, 2.75) is 70.3 Å². The van der Waals surface area contributed by atoms with Crippen LogP contribution in [0.15, 0.2) is 0 Å². The van der Waals surface area contributed by atoms with Crippen LogP contribution in [0, 0.1) is 5.41 Å². The SMILES string of the molecule is C1CCN(CC2(CNC3CC3)CCCCC2)CC1. The molecule has 0 atom stereocenters. The van der Waals surface area contributed by atoms with Crippen LogP contribution >= 0.6 is 0 Å². The molecule has 1 aliphatic heterocycles. The van der Waals surface area contributed by atoms with Gasteiger partial charge in [0.15, 0.2) is 0 Å². The van der Waals surface area contributed by atoms with Gasteiger partial charge >= 0.3 is 0 Å². The zero-order chi connectivity index (χ0) is 12.3. The fourth-order valence-corrected chi connectivity index (χ4v) is 3.93. The van der Waals surface area contributed by atoms with Gasteiger partial charge in [0.05, 0.1) is 0 Å². The molecule has 0 spiro atoms. The summed E-state index contributed by atoms with van der Waals surface area (Å²) >= 11 is 0. The van der Waals surface area contributed by atoms with Gasteiger partial charge in [-0.15, -0.1) is 0 Å². The molecule has 3 aliphatic rings. The topological polar surface area (TPSA) is 15.3 Å². The molecule has 0 amide bonds. The smallest absolute Gasteiger partial charge is 0.00684 e. The summed E-state index contributed by atoms with van der Waals surface area (Å²) in [5.41, 5.74) is 0.623. The standard InChI is InChI=1S/C16H30N2/c1-3-9-16(10-4-1,13-17-15-7-8-15)14-18-11-5-2-6-12-18/h15,17H,1-14H2. The van der Waals surface area contributed by atoms with E-state index in [-0.39, 0.29) is 0 Å². The van der Waals surface area contributed by atoms with E-state index in [2.05, 4.69) is 10.2 Å².